The van der Waals surface area contributed by atoms with Crippen LogP contribution in [0.3, 0.4) is 0 Å². The van der Waals surface area contributed by atoms with Crippen LogP contribution in [0, 0.1) is 19.8 Å². The molecule has 3 heterocycles. The molecule has 23 heavy (non-hydrogen) atoms. The predicted octanol–water partition coefficient (Wildman–Crippen LogP) is 2.52. The molecule has 2 aromatic rings. The number of carbonyl (C=O) groups excluding carboxylic acids is 1. The van der Waals surface area contributed by atoms with Crippen LogP contribution in [-0.4, -0.2) is 41.3 Å². The lowest BCUT2D eigenvalue weighted by atomic mass is 10.1. The lowest BCUT2D eigenvalue weighted by Gasteiger charge is -2.09. The van der Waals surface area contributed by atoms with Crippen molar-refractivity contribution in [2.45, 2.75) is 31.7 Å². The monoisotopic (exact) mass is 350 g/mol. The quantitative estimate of drug-likeness (QED) is 0.619. The summed E-state index contributed by atoms with van der Waals surface area (Å²) in [4.78, 5) is 23.0. The van der Waals surface area contributed by atoms with E-state index in [-0.39, 0.29) is 5.91 Å². The van der Waals surface area contributed by atoms with E-state index in [0.29, 0.717) is 11.7 Å². The van der Waals surface area contributed by atoms with Crippen molar-refractivity contribution >= 4 is 39.2 Å². The number of thioether (sulfide) groups is 1. The summed E-state index contributed by atoms with van der Waals surface area (Å²) in [6.07, 6.45) is 3.87. The number of hydrogen-bond acceptors (Lipinski definition) is 6. The zero-order chi connectivity index (χ0) is 16.2. The van der Waals surface area contributed by atoms with Crippen molar-refractivity contribution in [1.29, 1.82) is 0 Å². The summed E-state index contributed by atoms with van der Waals surface area (Å²) in [5.74, 6) is 1.20. The molecule has 5 nitrogen and oxygen atoms in total. The molecule has 1 aliphatic heterocycles. The highest BCUT2D eigenvalue weighted by molar-refractivity contribution is 8.00. The van der Waals surface area contributed by atoms with E-state index in [9.17, 15) is 4.79 Å². The maximum atomic E-state index is 12.0. The topological polar surface area (TPSA) is 66.9 Å². The maximum Gasteiger partial charge on any atom is 0.230 e. The van der Waals surface area contributed by atoms with E-state index in [2.05, 4.69) is 34.4 Å². The van der Waals surface area contributed by atoms with Crippen molar-refractivity contribution in [3.8, 4) is 0 Å². The Morgan fingerprint density at radius 1 is 1.48 bits per heavy atom. The third-order valence-corrected chi connectivity index (χ3v) is 6.41. The molecule has 0 bridgehead atoms. The van der Waals surface area contributed by atoms with Crippen LogP contribution in [0.1, 0.15) is 23.3 Å². The number of thiophene rings is 1. The van der Waals surface area contributed by atoms with Crippen molar-refractivity contribution in [3.63, 3.8) is 0 Å². The fourth-order valence-corrected chi connectivity index (χ4v) is 4.77. The summed E-state index contributed by atoms with van der Waals surface area (Å²) in [6.45, 7) is 7.15. The maximum absolute atomic E-state index is 12.0. The third kappa shape index (κ3) is 4.02. The number of hydrogen-bond donors (Lipinski definition) is 2. The van der Waals surface area contributed by atoms with Gasteiger partial charge >= 0.3 is 0 Å². The molecule has 7 heteroatoms. The van der Waals surface area contributed by atoms with Gasteiger partial charge in [-0.1, -0.05) is 11.8 Å². The first-order valence-corrected chi connectivity index (χ1v) is 9.76. The van der Waals surface area contributed by atoms with Gasteiger partial charge in [-0.25, -0.2) is 9.97 Å². The number of aromatic nitrogens is 2. The standard InChI is InChI=1S/C16H22N4OS2/c1-10-11(2)23-16-14(10)15(19-9-20-16)22-8-13(21)18-6-4-12-3-5-17-7-12/h9,12,17H,3-8H2,1-2H3,(H,18,21). The van der Waals surface area contributed by atoms with E-state index in [4.69, 9.17) is 0 Å². The van der Waals surface area contributed by atoms with Gasteiger partial charge in [-0.3, -0.25) is 4.79 Å². The smallest absolute Gasteiger partial charge is 0.230 e. The van der Waals surface area contributed by atoms with Crippen molar-refractivity contribution < 1.29 is 4.79 Å². The van der Waals surface area contributed by atoms with Crippen molar-refractivity contribution in [3.05, 3.63) is 16.8 Å². The number of rotatable bonds is 6. The number of amides is 1. The second-order valence-electron chi connectivity index (χ2n) is 5.93. The highest BCUT2D eigenvalue weighted by atomic mass is 32.2. The first-order chi connectivity index (χ1) is 11.1. The van der Waals surface area contributed by atoms with Crippen molar-refractivity contribution in [2.75, 3.05) is 25.4 Å². The Bertz CT molecular complexity index is 695. The Hall–Kier alpha value is -1.18. The molecule has 3 rings (SSSR count). The van der Waals surface area contributed by atoms with E-state index < -0.39 is 0 Å². The number of carbonyl (C=O) groups is 1. The van der Waals surface area contributed by atoms with Gasteiger partial charge in [0.15, 0.2) is 0 Å². The van der Waals surface area contributed by atoms with Crippen LogP contribution >= 0.6 is 23.1 Å². The van der Waals surface area contributed by atoms with Gasteiger partial charge in [-0.2, -0.15) is 0 Å². The highest BCUT2D eigenvalue weighted by Crippen LogP contribution is 2.34. The Morgan fingerprint density at radius 3 is 3.13 bits per heavy atom. The molecule has 0 aromatic carbocycles. The zero-order valence-electron chi connectivity index (χ0n) is 13.5. The average Bonchev–Trinajstić information content (AvgIpc) is 3.15. The normalized spacial score (nSPS) is 17.7. The first-order valence-electron chi connectivity index (χ1n) is 7.96. The Kier molecular flexibility index (Phi) is 5.50. The van der Waals surface area contributed by atoms with E-state index in [1.54, 1.807) is 17.7 Å². The number of nitrogens with one attached hydrogen (secondary N) is 2. The average molecular weight is 351 g/mol. The minimum absolute atomic E-state index is 0.0809. The summed E-state index contributed by atoms with van der Waals surface area (Å²) in [5, 5.41) is 8.38. The molecule has 1 atom stereocenters. The van der Waals surface area contributed by atoms with Crippen LogP contribution in [0.5, 0.6) is 0 Å². The summed E-state index contributed by atoms with van der Waals surface area (Å²) >= 11 is 3.18. The van der Waals surface area contributed by atoms with E-state index in [1.807, 2.05) is 0 Å². The van der Waals surface area contributed by atoms with Crippen LogP contribution in [0.25, 0.3) is 10.2 Å². The molecule has 0 spiro atoms. The van der Waals surface area contributed by atoms with Crippen LogP contribution in [0.2, 0.25) is 0 Å². The van der Waals surface area contributed by atoms with E-state index in [1.165, 1.54) is 28.6 Å². The molecule has 1 aliphatic rings. The minimum Gasteiger partial charge on any atom is -0.355 e. The Balaban J connectivity index is 1.52. The van der Waals surface area contributed by atoms with Gasteiger partial charge in [0, 0.05) is 16.8 Å². The van der Waals surface area contributed by atoms with Crippen molar-refractivity contribution in [1.82, 2.24) is 20.6 Å². The van der Waals surface area contributed by atoms with Gasteiger partial charge in [0.2, 0.25) is 5.91 Å². The summed E-state index contributed by atoms with van der Waals surface area (Å²) in [5.41, 5.74) is 1.22. The minimum atomic E-state index is 0.0809. The molecular weight excluding hydrogens is 328 g/mol. The van der Waals surface area contributed by atoms with E-state index in [0.717, 1.165) is 41.3 Å². The molecule has 1 amide bonds. The molecule has 0 aliphatic carbocycles. The van der Waals surface area contributed by atoms with Gasteiger partial charge in [0.05, 0.1) is 5.75 Å². The molecule has 2 N–H and O–H groups in total. The molecule has 124 valence electrons. The first kappa shape index (κ1) is 16.7. The SMILES string of the molecule is Cc1sc2ncnc(SCC(=O)NCCC3CCNC3)c2c1C. The number of fused-ring (bicyclic) bond motifs is 1. The Morgan fingerprint density at radius 2 is 2.35 bits per heavy atom. The molecule has 2 aromatic heterocycles. The van der Waals surface area contributed by atoms with Gasteiger partial charge in [-0.15, -0.1) is 11.3 Å². The van der Waals surface area contributed by atoms with Gasteiger partial charge in [-0.05, 0) is 51.3 Å². The zero-order valence-corrected chi connectivity index (χ0v) is 15.1. The summed E-state index contributed by atoms with van der Waals surface area (Å²) in [7, 11) is 0. The van der Waals surface area contributed by atoms with Gasteiger partial charge in [0.25, 0.3) is 0 Å². The second kappa shape index (κ2) is 7.59. The van der Waals surface area contributed by atoms with Crippen molar-refractivity contribution in [2.24, 2.45) is 5.92 Å². The van der Waals surface area contributed by atoms with Crippen LogP contribution in [0.4, 0.5) is 0 Å². The van der Waals surface area contributed by atoms with Crippen LogP contribution < -0.4 is 10.6 Å². The largest absolute Gasteiger partial charge is 0.355 e. The highest BCUT2D eigenvalue weighted by Gasteiger charge is 2.15. The molecule has 1 unspecified atom stereocenters. The fourth-order valence-electron chi connectivity index (χ4n) is 2.82. The lowest BCUT2D eigenvalue weighted by molar-refractivity contribution is -0.118. The fraction of sp³-hybridized carbons (Fsp3) is 0.562. The van der Waals surface area contributed by atoms with Crippen LogP contribution in [-0.2, 0) is 4.79 Å². The number of nitrogens with zero attached hydrogens (tertiary/aromatic N) is 2. The number of aryl methyl sites for hydroxylation is 2. The predicted molar refractivity (Wildman–Crippen MR) is 96.2 cm³/mol. The summed E-state index contributed by atoms with van der Waals surface area (Å²) < 4.78 is 0. The summed E-state index contributed by atoms with van der Waals surface area (Å²) in [6, 6.07) is 0. The van der Waals surface area contributed by atoms with Crippen LogP contribution in [0.15, 0.2) is 11.4 Å². The second-order valence-corrected chi connectivity index (χ2v) is 8.10. The molecule has 0 saturated carbocycles. The molecule has 1 saturated heterocycles. The van der Waals surface area contributed by atoms with Gasteiger partial charge < -0.3 is 10.6 Å². The lowest BCUT2D eigenvalue weighted by Crippen LogP contribution is -2.27. The third-order valence-electron chi connectivity index (χ3n) is 4.31. The van der Waals surface area contributed by atoms with Gasteiger partial charge in [0.1, 0.15) is 16.2 Å². The van der Waals surface area contributed by atoms with E-state index >= 15 is 0 Å². The molecular formula is C16H22N4OS2. The molecule has 1 fully saturated rings. The molecule has 0 radical (unpaired) electrons. The Labute approximate surface area is 144 Å².